The first-order valence-electron chi connectivity index (χ1n) is 8.78. The molecule has 0 saturated heterocycles. The van der Waals surface area contributed by atoms with E-state index in [2.05, 4.69) is 53.2 Å². The van der Waals surface area contributed by atoms with E-state index in [0.717, 1.165) is 17.4 Å². The first-order valence-corrected chi connectivity index (χ1v) is 8.78. The third-order valence-electron chi connectivity index (χ3n) is 4.38. The molecule has 0 amide bonds. The van der Waals surface area contributed by atoms with Gasteiger partial charge in [0, 0.05) is 29.8 Å². The fraction of sp³-hybridized carbons (Fsp3) is 0.227. The molecule has 4 nitrogen and oxygen atoms in total. The molecule has 0 bridgehead atoms. The number of carbonyl (C=O) groups excluding carboxylic acids is 1. The molecule has 4 heteroatoms. The minimum Gasteiger partial charge on any atom is -0.443 e. The van der Waals surface area contributed by atoms with Crippen molar-refractivity contribution >= 4 is 27.9 Å². The van der Waals surface area contributed by atoms with Gasteiger partial charge in [-0.25, -0.2) is 4.79 Å². The molecule has 0 aliphatic rings. The summed E-state index contributed by atoms with van der Waals surface area (Å²) in [4.78, 5) is 12.4. The van der Waals surface area contributed by atoms with Gasteiger partial charge in [0.2, 0.25) is 0 Å². The number of benzene rings is 2. The minimum absolute atomic E-state index is 0.350. The zero-order valence-electron chi connectivity index (χ0n) is 15.3. The standard InChI is InChI=1S/C22H22N2O2/c1-22(2,3)26-21(25)24-13-11-18-14-16(8-9-20(18)24)15-23-12-10-17-6-4-5-7-19(17)23/h4-14H,15H2,1-3H3. The van der Waals surface area contributed by atoms with Crippen LogP contribution in [0.25, 0.3) is 21.8 Å². The van der Waals surface area contributed by atoms with Crippen molar-refractivity contribution in [2.75, 3.05) is 0 Å². The van der Waals surface area contributed by atoms with E-state index in [1.165, 1.54) is 16.5 Å². The van der Waals surface area contributed by atoms with Crippen LogP contribution in [-0.2, 0) is 11.3 Å². The fourth-order valence-electron chi connectivity index (χ4n) is 3.24. The maximum atomic E-state index is 12.4. The zero-order chi connectivity index (χ0) is 18.3. The molecule has 2 heterocycles. The number of aromatic nitrogens is 2. The van der Waals surface area contributed by atoms with Gasteiger partial charge in [0.05, 0.1) is 5.52 Å². The van der Waals surface area contributed by atoms with Crippen LogP contribution in [0.5, 0.6) is 0 Å². The van der Waals surface area contributed by atoms with Crippen molar-refractivity contribution in [1.29, 1.82) is 0 Å². The number of carbonyl (C=O) groups is 1. The molecule has 0 fully saturated rings. The summed E-state index contributed by atoms with van der Waals surface area (Å²) in [5, 5.41) is 2.27. The van der Waals surface area contributed by atoms with Gasteiger partial charge in [-0.1, -0.05) is 24.3 Å². The maximum Gasteiger partial charge on any atom is 0.418 e. The Labute approximate surface area is 152 Å². The van der Waals surface area contributed by atoms with Crippen LogP contribution in [0.4, 0.5) is 4.79 Å². The monoisotopic (exact) mass is 346 g/mol. The van der Waals surface area contributed by atoms with Gasteiger partial charge in [-0.2, -0.15) is 0 Å². The third-order valence-corrected chi connectivity index (χ3v) is 4.38. The molecular formula is C22H22N2O2. The highest BCUT2D eigenvalue weighted by molar-refractivity contribution is 5.90. The first-order chi connectivity index (χ1) is 12.4. The molecule has 4 rings (SSSR count). The number of nitrogens with zero attached hydrogens (tertiary/aromatic N) is 2. The Morgan fingerprint density at radius 3 is 2.50 bits per heavy atom. The van der Waals surface area contributed by atoms with Crippen LogP contribution in [0.1, 0.15) is 26.3 Å². The topological polar surface area (TPSA) is 36.2 Å². The molecule has 0 saturated carbocycles. The average Bonchev–Trinajstić information content (AvgIpc) is 3.18. The van der Waals surface area contributed by atoms with E-state index in [1.807, 2.05) is 32.9 Å². The van der Waals surface area contributed by atoms with Crippen molar-refractivity contribution in [3.8, 4) is 0 Å². The normalized spacial score (nSPS) is 12.0. The molecule has 0 atom stereocenters. The van der Waals surface area contributed by atoms with Crippen LogP contribution in [0.15, 0.2) is 67.0 Å². The SMILES string of the molecule is CC(C)(C)OC(=O)n1ccc2cc(Cn3ccc4ccccc43)ccc21. The molecule has 0 aliphatic carbocycles. The summed E-state index contributed by atoms with van der Waals surface area (Å²) in [5.41, 5.74) is 2.77. The van der Waals surface area contributed by atoms with Crippen molar-refractivity contribution in [1.82, 2.24) is 9.13 Å². The van der Waals surface area contributed by atoms with Crippen LogP contribution in [0.3, 0.4) is 0 Å². The molecule has 0 aliphatic heterocycles. The summed E-state index contributed by atoms with van der Waals surface area (Å²) < 4.78 is 9.28. The predicted molar refractivity (Wildman–Crippen MR) is 105 cm³/mol. The number of rotatable bonds is 2. The summed E-state index contributed by atoms with van der Waals surface area (Å²) in [7, 11) is 0. The Balaban J connectivity index is 1.64. The molecule has 4 aromatic rings. The van der Waals surface area contributed by atoms with Gasteiger partial charge < -0.3 is 9.30 Å². The van der Waals surface area contributed by atoms with Crippen LogP contribution < -0.4 is 0 Å². The summed E-state index contributed by atoms with van der Waals surface area (Å²) >= 11 is 0. The highest BCUT2D eigenvalue weighted by Crippen LogP contribution is 2.22. The van der Waals surface area contributed by atoms with Gasteiger partial charge in [0.1, 0.15) is 5.60 Å². The summed E-state index contributed by atoms with van der Waals surface area (Å²) in [6, 6.07) is 18.6. The van der Waals surface area contributed by atoms with E-state index >= 15 is 0 Å². The third kappa shape index (κ3) is 3.10. The van der Waals surface area contributed by atoms with Gasteiger partial charge in [-0.05, 0) is 62.1 Å². The summed E-state index contributed by atoms with van der Waals surface area (Å²) in [6.45, 7) is 6.41. The largest absolute Gasteiger partial charge is 0.443 e. The predicted octanol–water partition coefficient (Wildman–Crippen LogP) is 5.43. The first kappa shape index (κ1) is 16.5. The maximum absolute atomic E-state index is 12.4. The lowest BCUT2D eigenvalue weighted by Gasteiger charge is -2.19. The average molecular weight is 346 g/mol. The molecule has 0 N–H and O–H groups in total. The second kappa shape index (κ2) is 6.06. The number of para-hydroxylation sites is 1. The van der Waals surface area contributed by atoms with Crippen molar-refractivity contribution < 1.29 is 9.53 Å². The second-order valence-corrected chi connectivity index (χ2v) is 7.56. The summed E-state index contributed by atoms with van der Waals surface area (Å²) in [6.07, 6.45) is 3.53. The Morgan fingerprint density at radius 2 is 1.69 bits per heavy atom. The lowest BCUT2D eigenvalue weighted by atomic mass is 10.1. The quantitative estimate of drug-likeness (QED) is 0.485. The lowest BCUT2D eigenvalue weighted by Crippen LogP contribution is -2.26. The van der Waals surface area contributed by atoms with Gasteiger partial charge >= 0.3 is 6.09 Å². The summed E-state index contributed by atoms with van der Waals surface area (Å²) in [5.74, 6) is 0. The van der Waals surface area contributed by atoms with Crippen LogP contribution >= 0.6 is 0 Å². The molecule has 2 aromatic heterocycles. The molecule has 0 radical (unpaired) electrons. The van der Waals surface area contributed by atoms with Crippen LogP contribution in [-0.4, -0.2) is 20.8 Å². The van der Waals surface area contributed by atoms with E-state index in [-0.39, 0.29) is 6.09 Å². The van der Waals surface area contributed by atoms with Crippen molar-refractivity contribution in [2.45, 2.75) is 32.9 Å². The second-order valence-electron chi connectivity index (χ2n) is 7.56. The van der Waals surface area contributed by atoms with Crippen LogP contribution in [0, 0.1) is 0 Å². The Morgan fingerprint density at radius 1 is 0.923 bits per heavy atom. The molecule has 0 spiro atoms. The number of fused-ring (bicyclic) bond motifs is 2. The Bertz CT molecular complexity index is 1100. The highest BCUT2D eigenvalue weighted by atomic mass is 16.6. The number of ether oxygens (including phenoxy) is 1. The molecule has 26 heavy (non-hydrogen) atoms. The van der Waals surface area contributed by atoms with E-state index < -0.39 is 5.60 Å². The zero-order valence-corrected chi connectivity index (χ0v) is 15.3. The minimum atomic E-state index is -0.511. The van der Waals surface area contributed by atoms with Crippen molar-refractivity contribution in [3.05, 3.63) is 72.6 Å². The van der Waals surface area contributed by atoms with Crippen molar-refractivity contribution in [3.63, 3.8) is 0 Å². The van der Waals surface area contributed by atoms with E-state index in [0.29, 0.717) is 0 Å². The van der Waals surface area contributed by atoms with E-state index in [1.54, 1.807) is 10.8 Å². The van der Waals surface area contributed by atoms with Gasteiger partial charge in [0.25, 0.3) is 0 Å². The van der Waals surface area contributed by atoms with E-state index in [4.69, 9.17) is 4.74 Å². The van der Waals surface area contributed by atoms with Gasteiger partial charge in [-0.3, -0.25) is 4.57 Å². The van der Waals surface area contributed by atoms with Crippen molar-refractivity contribution in [2.24, 2.45) is 0 Å². The smallest absolute Gasteiger partial charge is 0.418 e. The van der Waals surface area contributed by atoms with E-state index in [9.17, 15) is 4.79 Å². The number of hydrogen-bond acceptors (Lipinski definition) is 2. The molecule has 0 unspecified atom stereocenters. The fourth-order valence-corrected chi connectivity index (χ4v) is 3.24. The Kier molecular flexibility index (Phi) is 3.83. The molecule has 2 aromatic carbocycles. The van der Waals surface area contributed by atoms with Crippen LogP contribution in [0.2, 0.25) is 0 Å². The highest BCUT2D eigenvalue weighted by Gasteiger charge is 2.19. The lowest BCUT2D eigenvalue weighted by molar-refractivity contribution is 0.0544. The number of hydrogen-bond donors (Lipinski definition) is 0. The molecule has 132 valence electrons. The molecular weight excluding hydrogens is 324 g/mol. The van der Waals surface area contributed by atoms with Gasteiger partial charge in [-0.15, -0.1) is 0 Å². The Hall–Kier alpha value is -3.01. The van der Waals surface area contributed by atoms with Gasteiger partial charge in [0.15, 0.2) is 0 Å².